The van der Waals surface area contributed by atoms with Crippen molar-refractivity contribution in [3.8, 4) is 11.5 Å². The lowest BCUT2D eigenvalue weighted by molar-refractivity contribution is 0.254. The van der Waals surface area contributed by atoms with Crippen molar-refractivity contribution in [1.29, 1.82) is 0 Å². The molecule has 2 aliphatic rings. The number of methoxy groups -OCH3 is 1. The first-order chi connectivity index (χ1) is 9.76. The topological polar surface area (TPSA) is 30.5 Å². The van der Waals surface area contributed by atoms with Crippen LogP contribution in [0.25, 0.3) is 0 Å². The molecule has 0 saturated heterocycles. The summed E-state index contributed by atoms with van der Waals surface area (Å²) in [5, 5.41) is 3.68. The van der Waals surface area contributed by atoms with Crippen molar-refractivity contribution in [3.05, 3.63) is 23.3 Å². The van der Waals surface area contributed by atoms with E-state index < -0.39 is 0 Å². The molecular weight excluding hydrogens is 250 g/mol. The zero-order valence-corrected chi connectivity index (χ0v) is 12.6. The molecule has 1 aromatic carbocycles. The van der Waals surface area contributed by atoms with Crippen LogP contribution in [0.3, 0.4) is 0 Å². The molecule has 1 aliphatic carbocycles. The average molecular weight is 275 g/mol. The summed E-state index contributed by atoms with van der Waals surface area (Å²) < 4.78 is 11.4. The van der Waals surface area contributed by atoms with Crippen molar-refractivity contribution < 1.29 is 9.47 Å². The third kappa shape index (κ3) is 2.93. The first-order valence-corrected chi connectivity index (χ1v) is 7.86. The van der Waals surface area contributed by atoms with Crippen LogP contribution < -0.4 is 14.8 Å². The summed E-state index contributed by atoms with van der Waals surface area (Å²) in [5.74, 6) is 2.03. The monoisotopic (exact) mass is 275 g/mol. The van der Waals surface area contributed by atoms with E-state index in [2.05, 4.69) is 24.4 Å². The van der Waals surface area contributed by atoms with Gasteiger partial charge in [0.2, 0.25) is 0 Å². The summed E-state index contributed by atoms with van der Waals surface area (Å²) in [6, 6.07) is 4.98. The minimum atomic E-state index is 0.288. The van der Waals surface area contributed by atoms with Crippen LogP contribution in [0.4, 0.5) is 0 Å². The third-order valence-corrected chi connectivity index (χ3v) is 4.49. The Morgan fingerprint density at radius 3 is 2.80 bits per heavy atom. The van der Waals surface area contributed by atoms with E-state index in [0.29, 0.717) is 6.04 Å². The highest BCUT2D eigenvalue weighted by molar-refractivity contribution is 5.48. The van der Waals surface area contributed by atoms with Gasteiger partial charge in [-0.15, -0.1) is 0 Å². The SMILES string of the molecule is COc1cc2c(cc1CNC1CCCCC1)OC(C)C2. The van der Waals surface area contributed by atoms with E-state index in [4.69, 9.17) is 9.47 Å². The number of fused-ring (bicyclic) bond motifs is 1. The Morgan fingerprint density at radius 2 is 2.05 bits per heavy atom. The van der Waals surface area contributed by atoms with Gasteiger partial charge < -0.3 is 14.8 Å². The molecule has 3 heteroatoms. The van der Waals surface area contributed by atoms with Gasteiger partial charge >= 0.3 is 0 Å². The first-order valence-electron chi connectivity index (χ1n) is 7.86. The molecular formula is C17H25NO2. The molecule has 3 nitrogen and oxygen atoms in total. The van der Waals surface area contributed by atoms with Gasteiger partial charge in [-0.05, 0) is 31.9 Å². The van der Waals surface area contributed by atoms with Crippen LogP contribution in [-0.2, 0) is 13.0 Å². The van der Waals surface area contributed by atoms with Crippen LogP contribution in [0.15, 0.2) is 12.1 Å². The maximum atomic E-state index is 5.86. The molecule has 1 atom stereocenters. The normalized spacial score (nSPS) is 22.4. The van der Waals surface area contributed by atoms with E-state index in [1.165, 1.54) is 43.2 Å². The molecule has 1 fully saturated rings. The standard InChI is InChI=1S/C17H25NO2/c1-12-8-13-9-16(19-2)14(10-17(13)20-12)11-18-15-6-4-3-5-7-15/h9-10,12,15,18H,3-8,11H2,1-2H3. The number of nitrogens with one attached hydrogen (secondary N) is 1. The van der Waals surface area contributed by atoms with Gasteiger partial charge in [-0.3, -0.25) is 0 Å². The maximum Gasteiger partial charge on any atom is 0.123 e. The second kappa shape index (κ2) is 6.04. The minimum absolute atomic E-state index is 0.288. The fourth-order valence-corrected chi connectivity index (χ4v) is 3.37. The molecule has 3 rings (SSSR count). The van der Waals surface area contributed by atoms with Crippen LogP contribution in [0.1, 0.15) is 50.2 Å². The fourth-order valence-electron chi connectivity index (χ4n) is 3.37. The van der Waals surface area contributed by atoms with E-state index in [0.717, 1.165) is 24.5 Å². The molecule has 1 heterocycles. The van der Waals surface area contributed by atoms with E-state index in [1.54, 1.807) is 7.11 Å². The van der Waals surface area contributed by atoms with Gasteiger partial charge in [0.1, 0.15) is 17.6 Å². The maximum absolute atomic E-state index is 5.86. The summed E-state index contributed by atoms with van der Waals surface area (Å²) in [7, 11) is 1.76. The average Bonchev–Trinajstić information content (AvgIpc) is 2.84. The summed E-state index contributed by atoms with van der Waals surface area (Å²) >= 11 is 0. The van der Waals surface area contributed by atoms with Crippen molar-refractivity contribution in [3.63, 3.8) is 0 Å². The highest BCUT2D eigenvalue weighted by atomic mass is 16.5. The predicted octanol–water partition coefficient (Wildman–Crippen LogP) is 3.44. The molecule has 0 radical (unpaired) electrons. The van der Waals surface area contributed by atoms with Crippen LogP contribution in [0, 0.1) is 0 Å². The highest BCUT2D eigenvalue weighted by Crippen LogP contribution is 2.35. The second-order valence-corrected chi connectivity index (χ2v) is 6.12. The van der Waals surface area contributed by atoms with Gasteiger partial charge in [-0.1, -0.05) is 19.3 Å². The first kappa shape index (κ1) is 13.7. The predicted molar refractivity (Wildman–Crippen MR) is 80.5 cm³/mol. The smallest absolute Gasteiger partial charge is 0.123 e. The van der Waals surface area contributed by atoms with Gasteiger partial charge in [-0.2, -0.15) is 0 Å². The largest absolute Gasteiger partial charge is 0.496 e. The van der Waals surface area contributed by atoms with Crippen molar-refractivity contribution in [2.45, 2.75) is 64.1 Å². The van der Waals surface area contributed by atoms with E-state index in [9.17, 15) is 0 Å². The summed E-state index contributed by atoms with van der Waals surface area (Å²) in [6.07, 6.45) is 8.01. The number of hydrogen-bond acceptors (Lipinski definition) is 3. The quantitative estimate of drug-likeness (QED) is 0.913. The number of ether oxygens (including phenoxy) is 2. The van der Waals surface area contributed by atoms with Gasteiger partial charge in [0, 0.05) is 30.1 Å². The van der Waals surface area contributed by atoms with Crippen LogP contribution in [0.5, 0.6) is 11.5 Å². The van der Waals surface area contributed by atoms with Crippen molar-refractivity contribution >= 4 is 0 Å². The number of benzene rings is 1. The highest BCUT2D eigenvalue weighted by Gasteiger charge is 2.22. The lowest BCUT2D eigenvalue weighted by Gasteiger charge is -2.23. The molecule has 0 amide bonds. The Kier molecular flexibility index (Phi) is 4.16. The zero-order valence-electron chi connectivity index (χ0n) is 12.6. The van der Waals surface area contributed by atoms with Gasteiger partial charge in [-0.25, -0.2) is 0 Å². The molecule has 1 aliphatic heterocycles. The Labute approximate surface area is 121 Å². The Hall–Kier alpha value is -1.22. The lowest BCUT2D eigenvalue weighted by Crippen LogP contribution is -2.30. The molecule has 1 saturated carbocycles. The molecule has 110 valence electrons. The summed E-state index contributed by atoms with van der Waals surface area (Å²) in [4.78, 5) is 0. The molecule has 0 bridgehead atoms. The Balaban J connectivity index is 1.70. The molecule has 1 aromatic rings. The summed E-state index contributed by atoms with van der Waals surface area (Å²) in [5.41, 5.74) is 2.49. The van der Waals surface area contributed by atoms with Crippen LogP contribution in [-0.4, -0.2) is 19.3 Å². The third-order valence-electron chi connectivity index (χ3n) is 4.49. The Morgan fingerprint density at radius 1 is 1.25 bits per heavy atom. The molecule has 20 heavy (non-hydrogen) atoms. The van der Waals surface area contributed by atoms with Crippen LogP contribution in [0.2, 0.25) is 0 Å². The zero-order chi connectivity index (χ0) is 13.9. The fraction of sp³-hybridized carbons (Fsp3) is 0.647. The molecule has 0 aromatic heterocycles. The second-order valence-electron chi connectivity index (χ2n) is 6.12. The minimum Gasteiger partial charge on any atom is -0.496 e. The Bertz CT molecular complexity index is 466. The number of hydrogen-bond donors (Lipinski definition) is 1. The van der Waals surface area contributed by atoms with Crippen molar-refractivity contribution in [1.82, 2.24) is 5.32 Å². The van der Waals surface area contributed by atoms with E-state index in [1.807, 2.05) is 0 Å². The number of rotatable bonds is 4. The van der Waals surface area contributed by atoms with Gasteiger partial charge in [0.15, 0.2) is 0 Å². The van der Waals surface area contributed by atoms with Gasteiger partial charge in [0.05, 0.1) is 7.11 Å². The molecule has 1 N–H and O–H groups in total. The molecule has 1 unspecified atom stereocenters. The van der Waals surface area contributed by atoms with E-state index in [-0.39, 0.29) is 6.10 Å². The lowest BCUT2D eigenvalue weighted by atomic mass is 9.95. The molecule has 0 spiro atoms. The van der Waals surface area contributed by atoms with Gasteiger partial charge in [0.25, 0.3) is 0 Å². The van der Waals surface area contributed by atoms with Crippen molar-refractivity contribution in [2.24, 2.45) is 0 Å². The van der Waals surface area contributed by atoms with E-state index >= 15 is 0 Å². The summed E-state index contributed by atoms with van der Waals surface area (Å²) in [6.45, 7) is 2.99. The van der Waals surface area contributed by atoms with Crippen LogP contribution >= 0.6 is 0 Å². The van der Waals surface area contributed by atoms with Crippen molar-refractivity contribution in [2.75, 3.05) is 7.11 Å².